The van der Waals surface area contributed by atoms with E-state index >= 15 is 0 Å². The molecule has 4 heterocycles. The summed E-state index contributed by atoms with van der Waals surface area (Å²) in [6.45, 7) is 1.90. The molecule has 0 amide bonds. The van der Waals surface area contributed by atoms with Crippen molar-refractivity contribution in [3.05, 3.63) is 59.3 Å². The number of halogens is 2. The van der Waals surface area contributed by atoms with Crippen LogP contribution in [-0.2, 0) is 13.5 Å². The van der Waals surface area contributed by atoms with Crippen molar-refractivity contribution in [3.63, 3.8) is 0 Å². The number of fused-ring (bicyclic) bond motifs is 2. The SMILES string of the molecule is Cc1nn(C)cc1-c1nn2c(Cc3c(F)cc4ncccc4c3F)nnc2s1. The van der Waals surface area contributed by atoms with Crippen LogP contribution in [0.2, 0.25) is 0 Å². The van der Waals surface area contributed by atoms with Gasteiger partial charge in [-0.15, -0.1) is 10.2 Å². The van der Waals surface area contributed by atoms with Crippen LogP contribution in [0.5, 0.6) is 0 Å². The topological polar surface area (TPSA) is 73.8 Å². The summed E-state index contributed by atoms with van der Waals surface area (Å²) in [4.78, 5) is 4.56. The monoisotopic (exact) mass is 397 g/mol. The summed E-state index contributed by atoms with van der Waals surface area (Å²) in [5.41, 5.74) is 1.92. The maximum atomic E-state index is 14.9. The van der Waals surface area contributed by atoms with Crippen LogP contribution in [0.25, 0.3) is 26.4 Å². The third-order valence-corrected chi connectivity index (χ3v) is 5.46. The highest BCUT2D eigenvalue weighted by Crippen LogP contribution is 2.29. The van der Waals surface area contributed by atoms with Crippen LogP contribution >= 0.6 is 11.3 Å². The van der Waals surface area contributed by atoms with Crippen LogP contribution in [0.4, 0.5) is 8.78 Å². The molecule has 0 saturated carbocycles. The molecule has 0 unspecified atom stereocenters. The first-order chi connectivity index (χ1) is 13.5. The molecule has 0 atom stereocenters. The Balaban J connectivity index is 1.59. The fourth-order valence-corrected chi connectivity index (χ4v) is 4.12. The summed E-state index contributed by atoms with van der Waals surface area (Å²) in [7, 11) is 1.84. The Morgan fingerprint density at radius 3 is 2.82 bits per heavy atom. The molecule has 0 spiro atoms. The predicted molar refractivity (Wildman–Crippen MR) is 100 cm³/mol. The van der Waals surface area contributed by atoms with Crippen molar-refractivity contribution in [2.24, 2.45) is 7.05 Å². The number of benzene rings is 1. The van der Waals surface area contributed by atoms with Gasteiger partial charge in [-0.3, -0.25) is 9.67 Å². The van der Waals surface area contributed by atoms with E-state index in [1.54, 1.807) is 16.8 Å². The lowest BCUT2D eigenvalue weighted by molar-refractivity contribution is 0.566. The molecule has 10 heteroatoms. The zero-order chi connectivity index (χ0) is 19.4. The molecular formula is C18H13F2N7S. The molecule has 5 rings (SSSR count). The first-order valence-electron chi connectivity index (χ1n) is 8.44. The molecular weight excluding hydrogens is 384 g/mol. The van der Waals surface area contributed by atoms with Crippen LogP contribution in [0.1, 0.15) is 17.1 Å². The van der Waals surface area contributed by atoms with Crippen LogP contribution < -0.4 is 0 Å². The van der Waals surface area contributed by atoms with Gasteiger partial charge >= 0.3 is 0 Å². The second-order valence-electron chi connectivity index (χ2n) is 6.42. The van der Waals surface area contributed by atoms with E-state index < -0.39 is 11.6 Å². The molecule has 1 aromatic carbocycles. The van der Waals surface area contributed by atoms with E-state index in [9.17, 15) is 8.78 Å². The van der Waals surface area contributed by atoms with Crippen molar-refractivity contribution in [1.82, 2.24) is 34.6 Å². The van der Waals surface area contributed by atoms with Crippen molar-refractivity contribution < 1.29 is 8.78 Å². The van der Waals surface area contributed by atoms with Crippen LogP contribution in [0.3, 0.4) is 0 Å². The van der Waals surface area contributed by atoms with Crippen molar-refractivity contribution in [2.75, 3.05) is 0 Å². The highest BCUT2D eigenvalue weighted by atomic mass is 32.1. The van der Waals surface area contributed by atoms with Gasteiger partial charge in [0.15, 0.2) is 10.8 Å². The first-order valence-corrected chi connectivity index (χ1v) is 9.26. The molecule has 0 fully saturated rings. The number of aromatic nitrogens is 7. The van der Waals surface area contributed by atoms with Crippen LogP contribution in [-0.4, -0.2) is 34.6 Å². The lowest BCUT2D eigenvalue weighted by Gasteiger charge is -2.06. The lowest BCUT2D eigenvalue weighted by Crippen LogP contribution is -2.03. The minimum atomic E-state index is -0.668. The first kappa shape index (κ1) is 16.9. The number of rotatable bonds is 3. The molecule has 28 heavy (non-hydrogen) atoms. The maximum Gasteiger partial charge on any atom is 0.234 e. The lowest BCUT2D eigenvalue weighted by atomic mass is 10.1. The summed E-state index contributed by atoms with van der Waals surface area (Å²) in [5.74, 6) is -0.947. The molecule has 0 N–H and O–H groups in total. The van der Waals surface area contributed by atoms with E-state index in [0.717, 1.165) is 16.3 Å². The predicted octanol–water partition coefficient (Wildman–Crippen LogP) is 3.31. The van der Waals surface area contributed by atoms with Crippen molar-refractivity contribution >= 4 is 27.2 Å². The minimum absolute atomic E-state index is 0.0706. The summed E-state index contributed by atoms with van der Waals surface area (Å²) >= 11 is 1.35. The Morgan fingerprint density at radius 1 is 1.18 bits per heavy atom. The molecule has 7 nitrogen and oxygen atoms in total. The van der Waals surface area contributed by atoms with Crippen molar-refractivity contribution in [2.45, 2.75) is 13.3 Å². The summed E-state index contributed by atoms with van der Waals surface area (Å²) in [6.07, 6.45) is 3.30. The molecule has 5 aromatic rings. The number of hydrogen-bond donors (Lipinski definition) is 0. The third-order valence-electron chi connectivity index (χ3n) is 4.53. The number of pyridine rings is 1. The summed E-state index contributed by atoms with van der Waals surface area (Å²) in [6, 6.07) is 4.43. The molecule has 0 aliphatic carbocycles. The minimum Gasteiger partial charge on any atom is -0.275 e. The van der Waals surface area contributed by atoms with E-state index in [-0.39, 0.29) is 22.9 Å². The van der Waals surface area contributed by atoms with Crippen LogP contribution in [0, 0.1) is 18.6 Å². The van der Waals surface area contributed by atoms with Gasteiger partial charge in [0, 0.05) is 42.9 Å². The zero-order valence-electron chi connectivity index (χ0n) is 14.9. The highest BCUT2D eigenvalue weighted by Gasteiger charge is 2.20. The molecule has 0 aliphatic rings. The Morgan fingerprint density at radius 2 is 2.04 bits per heavy atom. The largest absolute Gasteiger partial charge is 0.275 e. The van der Waals surface area contributed by atoms with E-state index in [0.29, 0.717) is 10.8 Å². The quantitative estimate of drug-likeness (QED) is 0.467. The fraction of sp³-hybridized carbons (Fsp3) is 0.167. The molecule has 140 valence electrons. The highest BCUT2D eigenvalue weighted by molar-refractivity contribution is 7.19. The van der Waals surface area contributed by atoms with Gasteiger partial charge in [-0.05, 0) is 19.1 Å². The van der Waals surface area contributed by atoms with Crippen LogP contribution in [0.15, 0.2) is 30.6 Å². The number of nitrogens with zero attached hydrogens (tertiary/aromatic N) is 7. The van der Waals surface area contributed by atoms with E-state index in [2.05, 4.69) is 25.4 Å². The van der Waals surface area contributed by atoms with E-state index in [4.69, 9.17) is 0 Å². The Hall–Kier alpha value is -3.27. The van der Waals surface area contributed by atoms with Gasteiger partial charge in [0.05, 0.1) is 16.8 Å². The van der Waals surface area contributed by atoms with Gasteiger partial charge in [-0.2, -0.15) is 14.7 Å². The number of aryl methyl sites for hydroxylation is 2. The van der Waals surface area contributed by atoms with E-state index in [1.807, 2.05) is 20.2 Å². The summed E-state index contributed by atoms with van der Waals surface area (Å²) < 4.78 is 32.7. The van der Waals surface area contributed by atoms with Crippen molar-refractivity contribution in [1.29, 1.82) is 0 Å². The molecule has 0 radical (unpaired) electrons. The molecule has 0 aliphatic heterocycles. The average molecular weight is 397 g/mol. The van der Waals surface area contributed by atoms with Gasteiger partial charge in [-0.1, -0.05) is 11.3 Å². The number of hydrogen-bond acceptors (Lipinski definition) is 6. The fourth-order valence-electron chi connectivity index (χ4n) is 3.20. The Bertz CT molecular complexity index is 1350. The zero-order valence-corrected chi connectivity index (χ0v) is 15.7. The van der Waals surface area contributed by atoms with Gasteiger partial charge < -0.3 is 0 Å². The summed E-state index contributed by atoms with van der Waals surface area (Å²) in [5, 5.41) is 18.0. The van der Waals surface area contributed by atoms with E-state index in [1.165, 1.54) is 28.1 Å². The van der Waals surface area contributed by atoms with Gasteiger partial charge in [0.1, 0.15) is 11.6 Å². The van der Waals surface area contributed by atoms with Crippen molar-refractivity contribution in [3.8, 4) is 10.6 Å². The Labute approximate surface area is 161 Å². The standard InChI is InChI=1S/C18H13F2N7S/c1-9-12(8-26(2)24-9)17-25-27-15(22-23-18(27)28-17)6-11-13(19)7-14-10(16(11)20)4-3-5-21-14/h3-5,7-8H,6H2,1-2H3. The molecule has 0 bridgehead atoms. The van der Waals surface area contributed by atoms with Gasteiger partial charge in [0.25, 0.3) is 0 Å². The smallest absolute Gasteiger partial charge is 0.234 e. The second kappa shape index (κ2) is 6.13. The average Bonchev–Trinajstić information content (AvgIpc) is 3.33. The third kappa shape index (κ3) is 2.56. The molecule has 0 saturated heterocycles. The van der Waals surface area contributed by atoms with Gasteiger partial charge in [-0.25, -0.2) is 8.78 Å². The second-order valence-corrected chi connectivity index (χ2v) is 7.37. The van der Waals surface area contributed by atoms with Gasteiger partial charge in [0.2, 0.25) is 4.96 Å². The Kier molecular flexibility index (Phi) is 3.69. The normalized spacial score (nSPS) is 11.7. The molecule has 4 aromatic heterocycles. The maximum absolute atomic E-state index is 14.9.